The van der Waals surface area contributed by atoms with E-state index in [-0.39, 0.29) is 26.4 Å². The minimum Gasteiger partial charge on any atom is -0.434 e. The van der Waals surface area contributed by atoms with Crippen LogP contribution in [0.4, 0.5) is 16.2 Å². The van der Waals surface area contributed by atoms with E-state index in [1.54, 1.807) is 17.0 Å². The maximum absolute atomic E-state index is 11.6. The Balaban J connectivity index is 1.77. The van der Waals surface area contributed by atoms with Crippen LogP contribution in [0, 0.1) is 0 Å². The third-order valence-corrected chi connectivity index (χ3v) is 3.88. The van der Waals surface area contributed by atoms with E-state index in [9.17, 15) is 4.79 Å². The molecule has 0 amide bonds. The average Bonchev–Trinajstić information content (AvgIpc) is 3.02. The Hall–Kier alpha value is -2.02. The van der Waals surface area contributed by atoms with Gasteiger partial charge in [-0.15, -0.1) is 0 Å². The zero-order valence-electron chi connectivity index (χ0n) is 14.1. The lowest BCUT2D eigenvalue weighted by Crippen LogP contribution is -2.36. The molecule has 0 aliphatic carbocycles. The molecule has 27 heavy (non-hydrogen) atoms. The number of hydrogen-bond donors (Lipinski definition) is 4. The summed E-state index contributed by atoms with van der Waals surface area (Å²) < 4.78 is 9.83. The highest BCUT2D eigenvalue weighted by molar-refractivity contribution is 6.40. The van der Waals surface area contributed by atoms with E-state index in [2.05, 4.69) is 15.1 Å². The van der Waals surface area contributed by atoms with Crippen LogP contribution in [0.2, 0.25) is 10.0 Å². The van der Waals surface area contributed by atoms with Gasteiger partial charge in [0.05, 0.1) is 40.9 Å². The molecule has 0 aromatic heterocycles. The number of carbonyl (C=O) groups excluding carboxylic acids is 1. The van der Waals surface area contributed by atoms with Gasteiger partial charge in [0.25, 0.3) is 0 Å². The highest BCUT2D eigenvalue weighted by Crippen LogP contribution is 2.33. The Morgan fingerprint density at radius 3 is 2.67 bits per heavy atom. The topological polar surface area (TPSA) is 142 Å². The minimum absolute atomic E-state index is 0.0114. The Morgan fingerprint density at radius 1 is 1.30 bits per heavy atom. The van der Waals surface area contributed by atoms with Gasteiger partial charge in [-0.05, 0) is 12.1 Å². The third-order valence-electron chi connectivity index (χ3n) is 3.29. The predicted molar refractivity (Wildman–Crippen MR) is 96.8 cm³/mol. The molecule has 0 atom stereocenters. The van der Waals surface area contributed by atoms with Gasteiger partial charge in [-0.2, -0.15) is 0 Å². The fourth-order valence-electron chi connectivity index (χ4n) is 2.08. The average molecular weight is 424 g/mol. The van der Waals surface area contributed by atoms with E-state index in [0.717, 1.165) is 0 Å². The largest absolute Gasteiger partial charge is 0.510 e. The lowest BCUT2D eigenvalue weighted by molar-refractivity contribution is -0.492. The number of benzene rings is 1. The summed E-state index contributed by atoms with van der Waals surface area (Å²) in [6.45, 7) is 0.878. The van der Waals surface area contributed by atoms with Gasteiger partial charge in [0, 0.05) is 18.7 Å². The zero-order valence-corrected chi connectivity index (χ0v) is 15.6. The highest BCUT2D eigenvalue weighted by atomic mass is 35.5. The summed E-state index contributed by atoms with van der Waals surface area (Å²) in [5.74, 6) is 0.441. The number of ether oxygens (including phenoxy) is 2. The number of nitrogens with zero attached hydrogens (tertiary/aromatic N) is 3. The van der Waals surface area contributed by atoms with Crippen molar-refractivity contribution in [2.24, 2.45) is 4.99 Å². The molecule has 150 valence electrons. The summed E-state index contributed by atoms with van der Waals surface area (Å²) >= 11 is 12.3. The van der Waals surface area contributed by atoms with Crippen LogP contribution in [0.3, 0.4) is 0 Å². The van der Waals surface area contributed by atoms with Crippen LogP contribution in [0.25, 0.3) is 0 Å². The van der Waals surface area contributed by atoms with Crippen molar-refractivity contribution in [1.29, 1.82) is 0 Å². The smallest absolute Gasteiger partial charge is 0.434 e. The predicted octanol–water partition coefficient (Wildman–Crippen LogP) is 2.17. The van der Waals surface area contributed by atoms with E-state index in [0.29, 0.717) is 40.5 Å². The maximum atomic E-state index is 11.6. The molecule has 0 saturated carbocycles. The first-order valence-electron chi connectivity index (χ1n) is 7.78. The molecular weight excluding hydrogens is 405 g/mol. The molecule has 1 aromatic carbocycles. The molecule has 0 fully saturated rings. The maximum Gasteiger partial charge on any atom is 0.510 e. The summed E-state index contributed by atoms with van der Waals surface area (Å²) in [4.78, 5) is 21.8. The van der Waals surface area contributed by atoms with Gasteiger partial charge >= 0.3 is 6.16 Å². The molecule has 0 bridgehead atoms. The SMILES string of the molecule is Nc1cc(Cl)c(NC2=NCCN2COC(=O)OCCCON(O)O)c(Cl)c1. The van der Waals surface area contributed by atoms with Gasteiger partial charge in [0.2, 0.25) is 5.96 Å². The summed E-state index contributed by atoms with van der Waals surface area (Å²) in [5, 5.41) is 19.9. The summed E-state index contributed by atoms with van der Waals surface area (Å²) in [6, 6.07) is 3.11. The van der Waals surface area contributed by atoms with E-state index < -0.39 is 11.5 Å². The van der Waals surface area contributed by atoms with Gasteiger partial charge < -0.3 is 25.4 Å². The first-order valence-corrected chi connectivity index (χ1v) is 8.53. The van der Waals surface area contributed by atoms with Crippen LogP contribution in [-0.4, -0.2) is 65.9 Å². The fraction of sp³-hybridized carbons (Fsp3) is 0.429. The Bertz CT molecular complexity index is 667. The van der Waals surface area contributed by atoms with Crippen molar-refractivity contribution >= 4 is 46.7 Å². The highest BCUT2D eigenvalue weighted by Gasteiger charge is 2.21. The number of hydrogen-bond acceptors (Lipinski definition) is 11. The van der Waals surface area contributed by atoms with Gasteiger partial charge in [-0.1, -0.05) is 23.2 Å². The van der Waals surface area contributed by atoms with Crippen molar-refractivity contribution < 1.29 is 29.5 Å². The van der Waals surface area contributed by atoms with Gasteiger partial charge in [0.1, 0.15) is 0 Å². The van der Waals surface area contributed by atoms with Crippen LogP contribution in [0.1, 0.15) is 6.42 Å². The van der Waals surface area contributed by atoms with Crippen LogP contribution >= 0.6 is 23.2 Å². The number of nitrogen functional groups attached to an aromatic ring is 1. The standard InChI is InChI=1S/C14H19Cl2N5O6/c15-10-6-9(17)7-11(16)12(10)19-13-18-2-3-20(13)8-26-14(22)25-4-1-5-27-21(23)24/h6-7,23-24H,1-5,8,17H2,(H,18,19). The van der Waals surface area contributed by atoms with Crippen LogP contribution in [-0.2, 0) is 14.3 Å². The number of anilines is 2. The summed E-state index contributed by atoms with van der Waals surface area (Å²) in [6.07, 6.45) is -0.631. The molecular formula is C14H19Cl2N5O6. The van der Waals surface area contributed by atoms with E-state index in [1.165, 1.54) is 0 Å². The number of nitrogens with one attached hydrogen (secondary N) is 1. The number of guanidine groups is 1. The normalized spacial score (nSPS) is 13.7. The van der Waals surface area contributed by atoms with Gasteiger partial charge in [-0.25, -0.2) is 4.79 Å². The molecule has 2 rings (SSSR count). The molecule has 1 aliphatic rings. The summed E-state index contributed by atoms with van der Waals surface area (Å²) in [7, 11) is 0. The van der Waals surface area contributed by atoms with Crippen molar-refractivity contribution in [3.05, 3.63) is 22.2 Å². The molecule has 13 heteroatoms. The number of nitrogens with two attached hydrogens (primary N) is 1. The second-order valence-electron chi connectivity index (χ2n) is 5.26. The molecule has 1 aliphatic heterocycles. The van der Waals surface area contributed by atoms with E-state index in [1.807, 2.05) is 0 Å². The molecule has 11 nitrogen and oxygen atoms in total. The minimum atomic E-state index is -0.880. The summed E-state index contributed by atoms with van der Waals surface area (Å²) in [5.41, 5.74) is 6.55. The number of aliphatic imine (C=N–C) groups is 1. The number of halogens is 2. The molecule has 0 spiro atoms. The second-order valence-corrected chi connectivity index (χ2v) is 6.08. The van der Waals surface area contributed by atoms with Crippen molar-refractivity contribution in [2.45, 2.75) is 6.42 Å². The number of rotatable bonds is 8. The van der Waals surface area contributed by atoms with Crippen LogP contribution < -0.4 is 11.1 Å². The first kappa shape index (κ1) is 21.3. The van der Waals surface area contributed by atoms with Crippen molar-refractivity contribution in [1.82, 2.24) is 10.3 Å². The van der Waals surface area contributed by atoms with E-state index >= 15 is 0 Å². The Kier molecular flexibility index (Phi) is 8.16. The Labute approximate surface area is 164 Å². The third kappa shape index (κ3) is 6.90. The van der Waals surface area contributed by atoms with Crippen molar-refractivity contribution in [3.63, 3.8) is 0 Å². The lowest BCUT2D eigenvalue weighted by atomic mass is 10.3. The quantitative estimate of drug-likeness (QED) is 0.212. The zero-order chi connectivity index (χ0) is 19.8. The van der Waals surface area contributed by atoms with Crippen molar-refractivity contribution in [3.8, 4) is 0 Å². The molecule has 0 radical (unpaired) electrons. The van der Waals surface area contributed by atoms with Crippen LogP contribution in [0.5, 0.6) is 0 Å². The molecule has 0 saturated heterocycles. The molecule has 5 N–H and O–H groups in total. The first-order chi connectivity index (χ1) is 12.9. The Morgan fingerprint density at radius 2 is 2.00 bits per heavy atom. The molecule has 0 unspecified atom stereocenters. The second kappa shape index (κ2) is 10.3. The van der Waals surface area contributed by atoms with E-state index in [4.69, 9.17) is 48.8 Å². The molecule has 1 aromatic rings. The van der Waals surface area contributed by atoms with Gasteiger partial charge in [0.15, 0.2) is 6.73 Å². The molecule has 1 heterocycles. The fourth-order valence-corrected chi connectivity index (χ4v) is 2.68. The monoisotopic (exact) mass is 423 g/mol. The van der Waals surface area contributed by atoms with Crippen molar-refractivity contribution in [2.75, 3.05) is 44.1 Å². The lowest BCUT2D eigenvalue weighted by Gasteiger charge is -2.21. The van der Waals surface area contributed by atoms with Gasteiger partial charge in [-0.3, -0.25) is 20.2 Å². The van der Waals surface area contributed by atoms with Crippen LogP contribution in [0.15, 0.2) is 17.1 Å². The number of carbonyl (C=O) groups is 1.